The van der Waals surface area contributed by atoms with Crippen LogP contribution in [0.15, 0.2) is 18.2 Å². The van der Waals surface area contributed by atoms with Crippen LogP contribution in [0.1, 0.15) is 9.67 Å². The molecule has 0 atom stereocenters. The van der Waals surface area contributed by atoms with Crippen LogP contribution >= 0.6 is 22.9 Å². The number of anilines is 1. The fraction of sp³-hybridized carbons (Fsp3) is 0.250. The minimum absolute atomic E-state index is 0.0756. The highest BCUT2D eigenvalue weighted by Crippen LogP contribution is 2.38. The Balaban J connectivity index is 2.49. The van der Waals surface area contributed by atoms with Gasteiger partial charge in [0.1, 0.15) is 4.88 Å². The van der Waals surface area contributed by atoms with Gasteiger partial charge < -0.3 is 15.7 Å². The van der Waals surface area contributed by atoms with Crippen LogP contribution in [-0.4, -0.2) is 36.1 Å². The molecular weight excluding hydrogens is 272 g/mol. The Morgan fingerprint density at radius 2 is 2.28 bits per heavy atom. The van der Waals surface area contributed by atoms with Crippen molar-refractivity contribution in [3.8, 4) is 0 Å². The monoisotopic (exact) mass is 284 g/mol. The molecule has 1 heterocycles. The third kappa shape index (κ3) is 2.16. The number of aliphatic hydroxyl groups is 1. The van der Waals surface area contributed by atoms with E-state index < -0.39 is 0 Å². The van der Waals surface area contributed by atoms with Gasteiger partial charge in [-0.15, -0.1) is 11.3 Å². The molecule has 0 aliphatic carbocycles. The number of aliphatic hydroxyl groups excluding tert-OH is 1. The van der Waals surface area contributed by atoms with Crippen molar-refractivity contribution in [1.29, 1.82) is 0 Å². The number of halogens is 1. The van der Waals surface area contributed by atoms with Crippen LogP contribution in [0.25, 0.3) is 10.1 Å². The molecule has 0 saturated carbocycles. The number of nitrogens with zero attached hydrogens (tertiary/aromatic N) is 1. The fourth-order valence-corrected chi connectivity index (χ4v) is 3.19. The molecule has 0 radical (unpaired) electrons. The average Bonchev–Trinajstić information content (AvgIpc) is 2.67. The predicted molar refractivity (Wildman–Crippen MR) is 75.3 cm³/mol. The molecule has 0 unspecified atom stereocenters. The number of nitrogen functional groups attached to an aromatic ring is 1. The van der Waals surface area contributed by atoms with Crippen LogP contribution in [0.5, 0.6) is 0 Å². The van der Waals surface area contributed by atoms with E-state index in [-0.39, 0.29) is 19.1 Å². The van der Waals surface area contributed by atoms with Gasteiger partial charge in [0.2, 0.25) is 0 Å². The number of nitrogens with two attached hydrogens (primary N) is 1. The minimum Gasteiger partial charge on any atom is -0.397 e. The minimum atomic E-state index is -0.196. The van der Waals surface area contributed by atoms with Crippen molar-refractivity contribution in [3.63, 3.8) is 0 Å². The molecule has 6 heteroatoms. The first-order chi connectivity index (χ1) is 8.56. The molecule has 0 spiro atoms. The van der Waals surface area contributed by atoms with Crippen molar-refractivity contribution >= 4 is 44.6 Å². The zero-order valence-corrected chi connectivity index (χ0v) is 11.4. The average molecular weight is 285 g/mol. The molecule has 2 rings (SSSR count). The summed E-state index contributed by atoms with van der Waals surface area (Å²) < 4.78 is 0.890. The molecule has 4 nitrogen and oxygen atoms in total. The van der Waals surface area contributed by atoms with Gasteiger partial charge in [0.15, 0.2) is 0 Å². The first kappa shape index (κ1) is 13.1. The van der Waals surface area contributed by atoms with Crippen LogP contribution in [0.3, 0.4) is 0 Å². The topological polar surface area (TPSA) is 66.6 Å². The maximum absolute atomic E-state index is 12.1. The van der Waals surface area contributed by atoms with Crippen LogP contribution < -0.4 is 5.73 Å². The smallest absolute Gasteiger partial charge is 0.265 e. The van der Waals surface area contributed by atoms with E-state index in [4.69, 9.17) is 22.4 Å². The molecule has 0 saturated heterocycles. The molecule has 0 bridgehead atoms. The maximum atomic E-state index is 12.1. The molecular formula is C12H13ClN2O2S. The van der Waals surface area contributed by atoms with Crippen LogP contribution in [0.4, 0.5) is 5.69 Å². The van der Waals surface area contributed by atoms with Gasteiger partial charge in [-0.05, 0) is 12.1 Å². The summed E-state index contributed by atoms with van der Waals surface area (Å²) in [6, 6.07) is 5.45. The van der Waals surface area contributed by atoms with Gasteiger partial charge >= 0.3 is 0 Å². The molecule has 1 amide bonds. The highest BCUT2D eigenvalue weighted by molar-refractivity contribution is 7.21. The largest absolute Gasteiger partial charge is 0.397 e. The highest BCUT2D eigenvalue weighted by Gasteiger charge is 2.20. The SMILES string of the molecule is CN(CCO)C(=O)c1sc2cccc(Cl)c2c1N. The lowest BCUT2D eigenvalue weighted by atomic mass is 10.2. The summed E-state index contributed by atoms with van der Waals surface area (Å²) in [6.07, 6.45) is 0. The molecule has 96 valence electrons. The Morgan fingerprint density at radius 3 is 2.89 bits per heavy atom. The Labute approximate surface area is 114 Å². The molecule has 0 aliphatic rings. The Kier molecular flexibility index (Phi) is 3.75. The molecule has 2 aromatic rings. The van der Waals surface area contributed by atoms with E-state index in [0.29, 0.717) is 15.6 Å². The second-order valence-electron chi connectivity index (χ2n) is 3.91. The van der Waals surface area contributed by atoms with Gasteiger partial charge in [-0.25, -0.2) is 0 Å². The van der Waals surface area contributed by atoms with Crippen LogP contribution in [0, 0.1) is 0 Å². The Hall–Kier alpha value is -1.30. The fourth-order valence-electron chi connectivity index (χ4n) is 1.71. The number of likely N-dealkylation sites (N-methyl/N-ethyl adjacent to an activating group) is 1. The number of amides is 1. The van der Waals surface area contributed by atoms with Crippen molar-refractivity contribution in [2.75, 3.05) is 25.9 Å². The van der Waals surface area contributed by atoms with Gasteiger partial charge in [0.05, 0.1) is 17.3 Å². The molecule has 0 aliphatic heterocycles. The number of rotatable bonds is 3. The van der Waals surface area contributed by atoms with Crippen LogP contribution in [0.2, 0.25) is 5.02 Å². The zero-order chi connectivity index (χ0) is 13.3. The number of hydrogen-bond donors (Lipinski definition) is 2. The summed E-state index contributed by atoms with van der Waals surface area (Å²) in [6.45, 7) is 0.202. The summed E-state index contributed by atoms with van der Waals surface area (Å²) in [5, 5.41) is 10.1. The number of hydrogen-bond acceptors (Lipinski definition) is 4. The number of fused-ring (bicyclic) bond motifs is 1. The summed E-state index contributed by atoms with van der Waals surface area (Å²) in [7, 11) is 1.63. The number of carbonyl (C=O) groups excluding carboxylic acids is 1. The summed E-state index contributed by atoms with van der Waals surface area (Å²) in [5.74, 6) is -0.196. The van der Waals surface area contributed by atoms with Crippen molar-refractivity contribution in [1.82, 2.24) is 4.90 Å². The van der Waals surface area contributed by atoms with E-state index in [1.807, 2.05) is 12.1 Å². The first-order valence-corrected chi connectivity index (χ1v) is 6.58. The quantitative estimate of drug-likeness (QED) is 0.908. The molecule has 3 N–H and O–H groups in total. The van der Waals surface area contributed by atoms with Gasteiger partial charge in [-0.2, -0.15) is 0 Å². The number of benzene rings is 1. The molecule has 1 aromatic carbocycles. The highest BCUT2D eigenvalue weighted by atomic mass is 35.5. The normalized spacial score (nSPS) is 10.8. The summed E-state index contributed by atoms with van der Waals surface area (Å²) in [4.78, 5) is 14.0. The summed E-state index contributed by atoms with van der Waals surface area (Å²) >= 11 is 7.40. The van der Waals surface area contributed by atoms with E-state index in [2.05, 4.69) is 0 Å². The second-order valence-corrected chi connectivity index (χ2v) is 5.37. The van der Waals surface area contributed by atoms with Crippen molar-refractivity contribution in [3.05, 3.63) is 28.1 Å². The maximum Gasteiger partial charge on any atom is 0.265 e. The molecule has 18 heavy (non-hydrogen) atoms. The van der Waals surface area contributed by atoms with Crippen molar-refractivity contribution in [2.45, 2.75) is 0 Å². The Morgan fingerprint density at radius 1 is 1.56 bits per heavy atom. The Bertz CT molecular complexity index is 597. The van der Waals surface area contributed by atoms with E-state index in [0.717, 1.165) is 10.1 Å². The first-order valence-electron chi connectivity index (χ1n) is 5.39. The van der Waals surface area contributed by atoms with Crippen molar-refractivity contribution in [2.24, 2.45) is 0 Å². The lowest BCUT2D eigenvalue weighted by Gasteiger charge is -2.14. The van der Waals surface area contributed by atoms with Gasteiger partial charge in [0.25, 0.3) is 5.91 Å². The number of thiophene rings is 1. The zero-order valence-electron chi connectivity index (χ0n) is 9.81. The summed E-state index contributed by atoms with van der Waals surface area (Å²) in [5.41, 5.74) is 6.40. The van der Waals surface area contributed by atoms with Gasteiger partial charge in [-0.3, -0.25) is 4.79 Å². The van der Waals surface area contributed by atoms with E-state index >= 15 is 0 Å². The van der Waals surface area contributed by atoms with E-state index in [9.17, 15) is 4.79 Å². The standard InChI is InChI=1S/C12H13ClN2O2S/c1-15(5-6-16)12(17)11-10(14)9-7(13)3-2-4-8(9)18-11/h2-4,16H,5-6,14H2,1H3. The lowest BCUT2D eigenvalue weighted by molar-refractivity contribution is 0.0772. The molecule has 0 fully saturated rings. The third-order valence-electron chi connectivity index (χ3n) is 2.68. The molecule has 1 aromatic heterocycles. The van der Waals surface area contributed by atoms with Gasteiger partial charge in [-0.1, -0.05) is 17.7 Å². The second kappa shape index (κ2) is 5.14. The van der Waals surface area contributed by atoms with E-state index in [1.165, 1.54) is 16.2 Å². The van der Waals surface area contributed by atoms with Crippen molar-refractivity contribution < 1.29 is 9.90 Å². The number of carbonyl (C=O) groups is 1. The lowest BCUT2D eigenvalue weighted by Crippen LogP contribution is -2.29. The third-order valence-corrected chi connectivity index (χ3v) is 4.15. The van der Waals surface area contributed by atoms with Crippen LogP contribution in [-0.2, 0) is 0 Å². The van der Waals surface area contributed by atoms with Gasteiger partial charge in [0, 0.05) is 23.7 Å². The van der Waals surface area contributed by atoms with E-state index in [1.54, 1.807) is 13.1 Å². The predicted octanol–water partition coefficient (Wildman–Crippen LogP) is 2.20.